The van der Waals surface area contributed by atoms with Gasteiger partial charge in [-0.05, 0) is 41.0 Å². The van der Waals surface area contributed by atoms with Crippen molar-refractivity contribution in [1.82, 2.24) is 31.2 Å². The summed E-state index contributed by atoms with van der Waals surface area (Å²) in [4.78, 5) is 58.2. The van der Waals surface area contributed by atoms with Crippen LogP contribution in [0.3, 0.4) is 0 Å². The lowest BCUT2D eigenvalue weighted by Crippen LogP contribution is -2.51. The topological polar surface area (TPSA) is 193 Å². The quantitative estimate of drug-likeness (QED) is 0.0857. The molecule has 6 N–H and O–H groups in total. The summed E-state index contributed by atoms with van der Waals surface area (Å²) in [6, 6.07) is 20.5. The molecule has 1 aromatic heterocycles. The number of aliphatic carboxylic acids is 1. The second kappa shape index (κ2) is 18.4. The van der Waals surface area contributed by atoms with Crippen LogP contribution in [0.5, 0.6) is 11.5 Å². The van der Waals surface area contributed by atoms with Gasteiger partial charge in [-0.1, -0.05) is 54.6 Å². The Kier molecular flexibility index (Phi) is 13.5. The number of carboxylic acid groups (broad SMARTS) is 1. The summed E-state index contributed by atoms with van der Waals surface area (Å²) in [6.07, 6.45) is 1.84. The number of nitrogens with one attached hydrogen (secondary N) is 5. The minimum atomic E-state index is -1.31. The second-order valence-corrected chi connectivity index (χ2v) is 10.9. The maximum absolute atomic E-state index is 13.5. The van der Waals surface area contributed by atoms with Gasteiger partial charge in [0, 0.05) is 31.4 Å². The van der Waals surface area contributed by atoms with Gasteiger partial charge in [-0.3, -0.25) is 14.4 Å². The summed E-state index contributed by atoms with van der Waals surface area (Å²) in [7, 11) is 3.12. The van der Waals surface area contributed by atoms with Crippen molar-refractivity contribution in [2.75, 3.05) is 27.3 Å². The van der Waals surface area contributed by atoms with E-state index in [0.717, 1.165) is 16.7 Å². The standard InChI is InChI=1S/C35H40N6O8/c1-47-27-12-8-24(9-13-27)32(25-10-14-28(48-2)15-11-25)41-31(42)19-29(40-35(46)49-21-23-6-4-3-5-7-23)33(43)38-17-16-37-30(34(44)45)18-26-20-36-22-39-26/h3-15,20,22,29-30,32,37H,16-19,21H2,1-2H3,(H,36,39)(H,38,43)(H,40,46)(H,41,42)(H,44,45)/t29-,30-/m0/s1. The van der Waals surface area contributed by atoms with Gasteiger partial charge >= 0.3 is 12.1 Å². The van der Waals surface area contributed by atoms with Crippen LogP contribution in [-0.2, 0) is 32.1 Å². The summed E-state index contributed by atoms with van der Waals surface area (Å²) in [5, 5.41) is 20.6. The van der Waals surface area contributed by atoms with E-state index in [9.17, 15) is 24.3 Å². The molecule has 4 rings (SSSR count). The first kappa shape index (κ1) is 36.0. The molecular weight excluding hydrogens is 632 g/mol. The molecule has 0 saturated heterocycles. The molecule has 0 aliphatic carbocycles. The van der Waals surface area contributed by atoms with Crippen LogP contribution in [0.4, 0.5) is 4.79 Å². The lowest BCUT2D eigenvalue weighted by Gasteiger charge is -2.23. The van der Waals surface area contributed by atoms with Gasteiger partial charge in [-0.25, -0.2) is 9.78 Å². The molecule has 2 atom stereocenters. The highest BCUT2D eigenvalue weighted by Gasteiger charge is 2.27. The first-order chi connectivity index (χ1) is 23.7. The van der Waals surface area contributed by atoms with E-state index in [-0.39, 0.29) is 26.1 Å². The number of rotatable bonds is 18. The molecule has 3 amide bonds. The first-order valence-electron chi connectivity index (χ1n) is 15.5. The van der Waals surface area contributed by atoms with E-state index in [1.54, 1.807) is 62.8 Å². The van der Waals surface area contributed by atoms with Crippen LogP contribution in [-0.4, -0.2) is 78.3 Å². The molecule has 0 unspecified atom stereocenters. The van der Waals surface area contributed by atoms with Gasteiger partial charge in [0.25, 0.3) is 0 Å². The van der Waals surface area contributed by atoms with Crippen LogP contribution in [0.25, 0.3) is 0 Å². The van der Waals surface area contributed by atoms with Crippen molar-refractivity contribution in [3.8, 4) is 11.5 Å². The fourth-order valence-corrected chi connectivity index (χ4v) is 4.89. The molecule has 0 saturated carbocycles. The number of methoxy groups -OCH3 is 2. The molecule has 0 radical (unpaired) electrons. The van der Waals surface area contributed by atoms with Gasteiger partial charge in [-0.15, -0.1) is 0 Å². The summed E-state index contributed by atoms with van der Waals surface area (Å²) in [6.45, 7) is 0.0804. The van der Waals surface area contributed by atoms with Crippen molar-refractivity contribution < 1.29 is 38.5 Å². The number of aromatic nitrogens is 2. The van der Waals surface area contributed by atoms with Gasteiger partial charge < -0.3 is 45.6 Å². The largest absolute Gasteiger partial charge is 0.497 e. The summed E-state index contributed by atoms with van der Waals surface area (Å²) in [5.41, 5.74) is 2.89. The number of carbonyl (C=O) groups excluding carboxylic acids is 3. The Morgan fingerprint density at radius 1 is 0.816 bits per heavy atom. The third-order valence-corrected chi connectivity index (χ3v) is 7.51. The molecule has 0 fully saturated rings. The third kappa shape index (κ3) is 11.4. The highest BCUT2D eigenvalue weighted by atomic mass is 16.5. The lowest BCUT2D eigenvalue weighted by molar-refractivity contribution is -0.139. The first-order valence-corrected chi connectivity index (χ1v) is 15.5. The Morgan fingerprint density at radius 3 is 2.00 bits per heavy atom. The number of alkyl carbamates (subject to hydrolysis) is 1. The zero-order chi connectivity index (χ0) is 35.0. The van der Waals surface area contributed by atoms with E-state index in [1.165, 1.54) is 12.5 Å². The molecule has 258 valence electrons. The number of nitrogens with zero attached hydrogens (tertiary/aromatic N) is 1. The van der Waals surface area contributed by atoms with E-state index in [4.69, 9.17) is 14.2 Å². The number of carboxylic acids is 1. The Hall–Kier alpha value is -5.89. The monoisotopic (exact) mass is 672 g/mol. The van der Waals surface area contributed by atoms with Crippen molar-refractivity contribution >= 4 is 23.9 Å². The van der Waals surface area contributed by atoms with Crippen molar-refractivity contribution in [1.29, 1.82) is 0 Å². The maximum Gasteiger partial charge on any atom is 0.408 e. The van der Waals surface area contributed by atoms with Crippen LogP contribution in [0.2, 0.25) is 0 Å². The van der Waals surface area contributed by atoms with E-state index in [1.807, 2.05) is 30.3 Å². The molecule has 4 aromatic rings. The fraction of sp³-hybridized carbons (Fsp3) is 0.286. The molecular formula is C35H40N6O8. The van der Waals surface area contributed by atoms with E-state index in [0.29, 0.717) is 17.2 Å². The number of benzene rings is 3. The van der Waals surface area contributed by atoms with Crippen molar-refractivity contribution in [3.63, 3.8) is 0 Å². The number of hydrogen-bond donors (Lipinski definition) is 6. The van der Waals surface area contributed by atoms with E-state index >= 15 is 0 Å². The molecule has 0 aliphatic heterocycles. The number of amides is 3. The lowest BCUT2D eigenvalue weighted by atomic mass is 9.98. The Labute approximate surface area is 283 Å². The predicted molar refractivity (Wildman–Crippen MR) is 179 cm³/mol. The average Bonchev–Trinajstić information content (AvgIpc) is 3.64. The number of aromatic amines is 1. The van der Waals surface area contributed by atoms with Crippen molar-refractivity contribution in [2.24, 2.45) is 0 Å². The average molecular weight is 673 g/mol. The zero-order valence-electron chi connectivity index (χ0n) is 27.2. The second-order valence-electron chi connectivity index (χ2n) is 10.9. The van der Waals surface area contributed by atoms with Gasteiger partial charge in [-0.2, -0.15) is 0 Å². The van der Waals surface area contributed by atoms with Crippen LogP contribution in [0.15, 0.2) is 91.4 Å². The van der Waals surface area contributed by atoms with Crippen molar-refractivity contribution in [3.05, 3.63) is 114 Å². The summed E-state index contributed by atoms with van der Waals surface area (Å²) >= 11 is 0. The number of ether oxygens (including phenoxy) is 3. The molecule has 0 spiro atoms. The third-order valence-electron chi connectivity index (χ3n) is 7.51. The summed E-state index contributed by atoms with van der Waals surface area (Å²) in [5.74, 6) is -0.960. The molecule has 14 heteroatoms. The minimum absolute atomic E-state index is 0.0186. The predicted octanol–water partition coefficient (Wildman–Crippen LogP) is 2.72. The number of carbonyl (C=O) groups is 4. The Bertz CT molecular complexity index is 1590. The molecule has 0 bridgehead atoms. The van der Waals surface area contributed by atoms with Crippen molar-refractivity contribution in [2.45, 2.75) is 37.6 Å². The molecule has 14 nitrogen and oxygen atoms in total. The number of H-pyrrole nitrogens is 1. The van der Waals surface area contributed by atoms with Gasteiger partial charge in [0.05, 0.1) is 33.0 Å². The van der Waals surface area contributed by atoms with Gasteiger partial charge in [0.15, 0.2) is 0 Å². The highest BCUT2D eigenvalue weighted by molar-refractivity contribution is 5.91. The zero-order valence-corrected chi connectivity index (χ0v) is 27.2. The Balaban J connectivity index is 1.44. The van der Waals surface area contributed by atoms with Crippen LogP contribution < -0.4 is 30.7 Å². The molecule has 1 heterocycles. The van der Waals surface area contributed by atoms with Gasteiger partial charge in [0.1, 0.15) is 30.2 Å². The van der Waals surface area contributed by atoms with Gasteiger partial charge in [0.2, 0.25) is 11.8 Å². The van der Waals surface area contributed by atoms with Crippen LogP contribution in [0.1, 0.15) is 34.8 Å². The van der Waals surface area contributed by atoms with E-state index < -0.39 is 48.4 Å². The van der Waals surface area contributed by atoms with Crippen LogP contribution >= 0.6 is 0 Å². The molecule has 3 aromatic carbocycles. The molecule has 0 aliphatic rings. The SMILES string of the molecule is COc1ccc(C(NC(=O)C[C@H](NC(=O)OCc2ccccc2)C(=O)NCCN[C@@H](Cc2cnc[nH]2)C(=O)O)c2ccc(OC)cc2)cc1. The maximum atomic E-state index is 13.5. The van der Waals surface area contributed by atoms with Crippen LogP contribution in [0, 0.1) is 0 Å². The normalized spacial score (nSPS) is 12.0. The minimum Gasteiger partial charge on any atom is -0.497 e. The highest BCUT2D eigenvalue weighted by Crippen LogP contribution is 2.26. The Morgan fingerprint density at radius 2 is 1.45 bits per heavy atom. The molecule has 49 heavy (non-hydrogen) atoms. The number of hydrogen-bond acceptors (Lipinski definition) is 9. The van der Waals surface area contributed by atoms with E-state index in [2.05, 4.69) is 31.2 Å². The number of imidazole rings is 1. The fourth-order valence-electron chi connectivity index (χ4n) is 4.89. The summed E-state index contributed by atoms with van der Waals surface area (Å²) < 4.78 is 15.9. The smallest absolute Gasteiger partial charge is 0.408 e.